The number of carbonyl (C=O) groups is 1. The van der Waals surface area contributed by atoms with Gasteiger partial charge < -0.3 is 10.6 Å². The molecule has 0 aliphatic rings. The molecule has 0 aliphatic heterocycles. The molecule has 0 aromatic heterocycles. The van der Waals surface area contributed by atoms with Crippen molar-refractivity contribution in [1.82, 2.24) is 4.90 Å². The van der Waals surface area contributed by atoms with Crippen molar-refractivity contribution in [2.75, 3.05) is 13.1 Å². The molecule has 0 aromatic rings. The van der Waals surface area contributed by atoms with E-state index < -0.39 is 6.04 Å². The van der Waals surface area contributed by atoms with Gasteiger partial charge in [-0.3, -0.25) is 4.79 Å². The minimum absolute atomic E-state index is 0.106. The zero-order valence-electron chi connectivity index (χ0n) is 10.5. The molecule has 0 saturated carbocycles. The fourth-order valence-electron chi connectivity index (χ4n) is 1.41. The maximum atomic E-state index is 12.0. The number of carbonyl (C=O) groups excluding carboxylic acids is 1. The van der Waals surface area contributed by atoms with E-state index in [0.717, 1.165) is 6.42 Å². The molecule has 0 saturated heterocycles. The minimum Gasteiger partial charge on any atom is -0.339 e. The van der Waals surface area contributed by atoms with E-state index in [9.17, 15) is 4.79 Å². The molecule has 0 fully saturated rings. The van der Waals surface area contributed by atoms with E-state index in [2.05, 4.69) is 0 Å². The molecule has 17 heavy (non-hydrogen) atoms. The molecule has 0 rings (SSSR count). The molecule has 0 bridgehead atoms. The van der Waals surface area contributed by atoms with Gasteiger partial charge in [0, 0.05) is 13.1 Å². The number of amides is 1. The van der Waals surface area contributed by atoms with Gasteiger partial charge in [-0.25, -0.2) is 0 Å². The van der Waals surface area contributed by atoms with Gasteiger partial charge in [0.1, 0.15) is 0 Å². The van der Waals surface area contributed by atoms with Crippen LogP contribution in [0.25, 0.3) is 0 Å². The van der Waals surface area contributed by atoms with Crippen LogP contribution in [0.1, 0.15) is 33.1 Å². The van der Waals surface area contributed by atoms with Gasteiger partial charge in [0.25, 0.3) is 0 Å². The van der Waals surface area contributed by atoms with Crippen LogP contribution in [0.2, 0.25) is 0 Å². The average molecular weight is 236 g/mol. The third kappa shape index (κ3) is 5.33. The fraction of sp³-hybridized carbons (Fsp3) is 0.750. The highest BCUT2D eigenvalue weighted by molar-refractivity contribution is 5.82. The minimum atomic E-state index is -0.544. The highest BCUT2D eigenvalue weighted by Crippen LogP contribution is 2.09. The van der Waals surface area contributed by atoms with Crippen LogP contribution >= 0.6 is 0 Å². The Hall–Kier alpha value is -1.59. The summed E-state index contributed by atoms with van der Waals surface area (Å²) in [6, 6.07) is 3.44. The number of hydrogen-bond acceptors (Lipinski definition) is 4. The topological polar surface area (TPSA) is 93.9 Å². The summed E-state index contributed by atoms with van der Waals surface area (Å²) in [4.78, 5) is 13.6. The number of nitriles is 2. The lowest BCUT2D eigenvalue weighted by molar-refractivity contribution is -0.133. The van der Waals surface area contributed by atoms with E-state index in [-0.39, 0.29) is 24.7 Å². The van der Waals surface area contributed by atoms with Crippen molar-refractivity contribution in [2.45, 2.75) is 39.2 Å². The Morgan fingerprint density at radius 2 is 1.76 bits per heavy atom. The summed E-state index contributed by atoms with van der Waals surface area (Å²) in [6.45, 7) is 4.60. The van der Waals surface area contributed by atoms with E-state index in [0.29, 0.717) is 13.1 Å². The molecule has 2 atom stereocenters. The SMILES string of the molecule is CCC(C)[C@H](N)C(=O)N(CCC#N)CCC#N. The molecule has 0 spiro atoms. The zero-order chi connectivity index (χ0) is 13.3. The van der Waals surface area contributed by atoms with Gasteiger partial charge in [0.2, 0.25) is 5.91 Å². The van der Waals surface area contributed by atoms with Gasteiger partial charge in [0.05, 0.1) is 31.0 Å². The number of nitrogens with two attached hydrogens (primary N) is 1. The summed E-state index contributed by atoms with van der Waals surface area (Å²) >= 11 is 0. The van der Waals surface area contributed by atoms with Crippen LogP contribution in [-0.2, 0) is 4.79 Å². The molecule has 1 unspecified atom stereocenters. The summed E-state index contributed by atoms with van der Waals surface area (Å²) in [5.41, 5.74) is 5.86. The zero-order valence-corrected chi connectivity index (χ0v) is 10.5. The lowest BCUT2D eigenvalue weighted by atomic mass is 9.99. The van der Waals surface area contributed by atoms with E-state index >= 15 is 0 Å². The highest BCUT2D eigenvalue weighted by atomic mass is 16.2. The Morgan fingerprint density at radius 1 is 1.29 bits per heavy atom. The van der Waals surface area contributed by atoms with Crippen LogP contribution in [0.15, 0.2) is 0 Å². The largest absolute Gasteiger partial charge is 0.339 e. The molecule has 1 amide bonds. The average Bonchev–Trinajstić information content (AvgIpc) is 2.36. The maximum Gasteiger partial charge on any atom is 0.239 e. The Kier molecular flexibility index (Phi) is 7.75. The highest BCUT2D eigenvalue weighted by Gasteiger charge is 2.24. The van der Waals surface area contributed by atoms with Crippen molar-refractivity contribution in [3.05, 3.63) is 0 Å². The van der Waals surface area contributed by atoms with Gasteiger partial charge in [-0.1, -0.05) is 20.3 Å². The first-order valence-electron chi connectivity index (χ1n) is 5.86. The smallest absolute Gasteiger partial charge is 0.239 e. The van der Waals surface area contributed by atoms with Crippen molar-refractivity contribution < 1.29 is 4.79 Å². The second-order valence-corrected chi connectivity index (χ2v) is 4.05. The van der Waals surface area contributed by atoms with E-state index in [1.165, 1.54) is 4.90 Å². The number of rotatable bonds is 7. The first-order valence-corrected chi connectivity index (χ1v) is 5.86. The molecule has 0 aromatic carbocycles. The summed E-state index contributed by atoms with van der Waals surface area (Å²) in [6.07, 6.45) is 1.37. The Bertz CT molecular complexity index is 297. The Labute approximate surface area is 103 Å². The van der Waals surface area contributed by atoms with Crippen LogP contribution in [0, 0.1) is 28.6 Å². The van der Waals surface area contributed by atoms with Gasteiger partial charge in [0.15, 0.2) is 0 Å². The third-order valence-electron chi connectivity index (χ3n) is 2.84. The number of hydrogen-bond donors (Lipinski definition) is 1. The van der Waals surface area contributed by atoms with Crippen molar-refractivity contribution in [3.63, 3.8) is 0 Å². The molecule has 2 N–H and O–H groups in total. The lowest BCUT2D eigenvalue weighted by Crippen LogP contribution is -2.47. The standard InChI is InChI=1S/C12H20N4O/c1-3-10(2)11(15)12(17)16(8-4-6-13)9-5-7-14/h10-11H,3-5,8-9,15H2,1-2H3/t10?,11-/m0/s1. The van der Waals surface area contributed by atoms with E-state index in [1.807, 2.05) is 26.0 Å². The lowest BCUT2D eigenvalue weighted by Gasteiger charge is -2.26. The normalized spacial score (nSPS) is 13.2. The predicted octanol–water partition coefficient (Wildman–Crippen LogP) is 1.02. The molecule has 0 radical (unpaired) electrons. The maximum absolute atomic E-state index is 12.0. The fourth-order valence-corrected chi connectivity index (χ4v) is 1.41. The van der Waals surface area contributed by atoms with Crippen LogP contribution in [0.4, 0.5) is 0 Å². The van der Waals surface area contributed by atoms with Crippen molar-refractivity contribution in [2.24, 2.45) is 11.7 Å². The second kappa shape index (κ2) is 8.55. The Morgan fingerprint density at radius 3 is 2.12 bits per heavy atom. The van der Waals surface area contributed by atoms with E-state index in [1.54, 1.807) is 0 Å². The first kappa shape index (κ1) is 15.4. The van der Waals surface area contributed by atoms with Gasteiger partial charge in [-0.05, 0) is 5.92 Å². The molecule has 5 nitrogen and oxygen atoms in total. The van der Waals surface area contributed by atoms with Crippen molar-refractivity contribution in [1.29, 1.82) is 10.5 Å². The molecule has 0 aliphatic carbocycles. The molecular formula is C12H20N4O. The molecule has 0 heterocycles. The van der Waals surface area contributed by atoms with Crippen LogP contribution in [-0.4, -0.2) is 29.9 Å². The second-order valence-electron chi connectivity index (χ2n) is 4.05. The van der Waals surface area contributed by atoms with Crippen LogP contribution in [0.3, 0.4) is 0 Å². The van der Waals surface area contributed by atoms with Crippen LogP contribution < -0.4 is 5.73 Å². The summed E-state index contributed by atoms with van der Waals surface area (Å²) < 4.78 is 0. The van der Waals surface area contributed by atoms with Crippen LogP contribution in [0.5, 0.6) is 0 Å². The monoisotopic (exact) mass is 236 g/mol. The predicted molar refractivity (Wildman–Crippen MR) is 64.5 cm³/mol. The molecular weight excluding hydrogens is 216 g/mol. The quantitative estimate of drug-likeness (QED) is 0.714. The summed E-state index contributed by atoms with van der Waals surface area (Å²) in [7, 11) is 0. The first-order chi connectivity index (χ1) is 8.08. The van der Waals surface area contributed by atoms with Gasteiger partial charge in [-0.2, -0.15) is 10.5 Å². The third-order valence-corrected chi connectivity index (χ3v) is 2.84. The molecule has 5 heteroatoms. The van der Waals surface area contributed by atoms with E-state index in [4.69, 9.17) is 16.3 Å². The summed E-state index contributed by atoms with van der Waals surface area (Å²) in [5.74, 6) is -0.0565. The molecule has 94 valence electrons. The van der Waals surface area contributed by atoms with Crippen molar-refractivity contribution in [3.8, 4) is 12.1 Å². The van der Waals surface area contributed by atoms with Gasteiger partial charge >= 0.3 is 0 Å². The summed E-state index contributed by atoms with van der Waals surface area (Å²) in [5, 5.41) is 17.1. The van der Waals surface area contributed by atoms with Crippen molar-refractivity contribution >= 4 is 5.91 Å². The van der Waals surface area contributed by atoms with Gasteiger partial charge in [-0.15, -0.1) is 0 Å². The Balaban J connectivity index is 4.51. The number of nitrogens with zero attached hydrogens (tertiary/aromatic N) is 3.